The van der Waals surface area contributed by atoms with Crippen molar-refractivity contribution in [3.05, 3.63) is 29.0 Å². The minimum Gasteiger partial charge on any atom is -0.435 e. The smallest absolute Gasteiger partial charge is 0.387 e. The van der Waals surface area contributed by atoms with Gasteiger partial charge in [0.05, 0.1) is 0 Å². The summed E-state index contributed by atoms with van der Waals surface area (Å²) in [5.74, 6) is 0.614. The molecule has 1 heterocycles. The van der Waals surface area contributed by atoms with Gasteiger partial charge in [0.15, 0.2) is 0 Å². The van der Waals surface area contributed by atoms with Crippen molar-refractivity contribution < 1.29 is 13.5 Å². The summed E-state index contributed by atoms with van der Waals surface area (Å²) in [4.78, 5) is 10.4. The molecule has 0 atom stereocenters. The Morgan fingerprint density at radius 2 is 1.89 bits per heavy atom. The third-order valence-corrected chi connectivity index (χ3v) is 2.21. The van der Waals surface area contributed by atoms with Crippen molar-refractivity contribution >= 4 is 18.2 Å². The topological polar surface area (TPSA) is 76.8 Å². The average molecular weight is 270 g/mol. The molecule has 0 spiro atoms. The van der Waals surface area contributed by atoms with Crippen LogP contribution in [0.2, 0.25) is 0 Å². The quantitative estimate of drug-likeness (QED) is 0.837. The number of nitrogen functional groups attached to an aromatic ring is 1. The first-order valence-electron chi connectivity index (χ1n) is 4.83. The number of hydrogen-bond acceptors (Lipinski definition) is 5. The maximum absolute atomic E-state index is 12.0. The standard InChI is InChI=1S/C10H8F2N4OS/c11-8(12)17-6-3-1-5(2-4-6)7-14-9(13)16-10(18)15-7/h1-4,8H,(H3,13,14,15,16,18). The number of hydrogen-bond donors (Lipinski definition) is 2. The van der Waals surface area contributed by atoms with Gasteiger partial charge in [0, 0.05) is 5.56 Å². The van der Waals surface area contributed by atoms with Crippen LogP contribution >= 0.6 is 12.2 Å². The summed E-state index contributed by atoms with van der Waals surface area (Å²) in [5.41, 5.74) is 6.13. The summed E-state index contributed by atoms with van der Waals surface area (Å²) in [5, 5.41) is 0. The van der Waals surface area contributed by atoms with Crippen LogP contribution in [0.5, 0.6) is 5.75 Å². The van der Waals surface area contributed by atoms with E-state index in [0.29, 0.717) is 11.4 Å². The summed E-state index contributed by atoms with van der Waals surface area (Å²) in [6, 6.07) is 5.92. The lowest BCUT2D eigenvalue weighted by molar-refractivity contribution is -0.0498. The van der Waals surface area contributed by atoms with Gasteiger partial charge in [-0.25, -0.2) is 4.98 Å². The molecule has 2 aromatic rings. The van der Waals surface area contributed by atoms with Crippen molar-refractivity contribution in [2.45, 2.75) is 6.61 Å². The molecule has 0 aliphatic carbocycles. The van der Waals surface area contributed by atoms with Crippen molar-refractivity contribution in [2.75, 3.05) is 5.73 Å². The summed E-state index contributed by atoms with van der Waals surface area (Å²) in [6.07, 6.45) is 0. The van der Waals surface area contributed by atoms with Crippen LogP contribution in [0.3, 0.4) is 0 Å². The zero-order valence-corrected chi connectivity index (χ0v) is 9.75. The largest absolute Gasteiger partial charge is 0.435 e. The van der Waals surface area contributed by atoms with Crippen molar-refractivity contribution in [2.24, 2.45) is 0 Å². The van der Waals surface area contributed by atoms with Crippen molar-refractivity contribution in [1.82, 2.24) is 15.0 Å². The van der Waals surface area contributed by atoms with Gasteiger partial charge < -0.3 is 15.5 Å². The van der Waals surface area contributed by atoms with Gasteiger partial charge in [0.1, 0.15) is 11.6 Å². The number of halogens is 2. The summed E-state index contributed by atoms with van der Waals surface area (Å²) >= 11 is 4.82. The van der Waals surface area contributed by atoms with Crippen LogP contribution in [0.25, 0.3) is 11.4 Å². The lowest BCUT2D eigenvalue weighted by Crippen LogP contribution is -2.02. The Bertz CT molecular complexity index is 600. The number of benzene rings is 1. The lowest BCUT2D eigenvalue weighted by atomic mass is 10.2. The Morgan fingerprint density at radius 1 is 1.22 bits per heavy atom. The normalized spacial score (nSPS) is 10.6. The maximum atomic E-state index is 12.0. The monoisotopic (exact) mass is 270 g/mol. The molecule has 0 aliphatic heterocycles. The first kappa shape index (κ1) is 12.4. The number of rotatable bonds is 3. The zero-order valence-electron chi connectivity index (χ0n) is 8.93. The molecule has 2 rings (SSSR count). The van der Waals surface area contributed by atoms with Crippen LogP contribution in [0.4, 0.5) is 14.7 Å². The molecule has 0 saturated heterocycles. The SMILES string of the molecule is Nc1nc(=S)nc(-c2ccc(OC(F)F)cc2)[nH]1. The van der Waals surface area contributed by atoms with E-state index in [1.807, 2.05) is 0 Å². The summed E-state index contributed by atoms with van der Waals surface area (Å²) in [6.45, 7) is -2.85. The predicted molar refractivity (Wildman–Crippen MR) is 63.7 cm³/mol. The van der Waals surface area contributed by atoms with E-state index in [-0.39, 0.29) is 16.5 Å². The Hall–Kier alpha value is -2.09. The molecule has 0 radical (unpaired) electrons. The highest BCUT2D eigenvalue weighted by Crippen LogP contribution is 2.20. The zero-order chi connectivity index (χ0) is 13.1. The van der Waals surface area contributed by atoms with E-state index in [4.69, 9.17) is 18.0 Å². The van der Waals surface area contributed by atoms with Crippen molar-refractivity contribution in [3.63, 3.8) is 0 Å². The summed E-state index contributed by atoms with van der Waals surface area (Å²) < 4.78 is 28.3. The van der Waals surface area contributed by atoms with Crippen molar-refractivity contribution in [1.29, 1.82) is 0 Å². The number of aromatic amines is 1. The second kappa shape index (κ2) is 5.05. The molecule has 18 heavy (non-hydrogen) atoms. The van der Waals surface area contributed by atoms with E-state index in [0.717, 1.165) is 0 Å². The first-order chi connectivity index (χ1) is 8.54. The number of ether oxygens (including phenoxy) is 1. The fraction of sp³-hybridized carbons (Fsp3) is 0.100. The Morgan fingerprint density at radius 3 is 2.44 bits per heavy atom. The molecule has 8 heteroatoms. The molecule has 5 nitrogen and oxygen atoms in total. The second-order valence-corrected chi connectivity index (χ2v) is 3.63. The summed E-state index contributed by atoms with van der Waals surface area (Å²) in [7, 11) is 0. The molecule has 0 amide bonds. The molecule has 1 aromatic carbocycles. The third-order valence-electron chi connectivity index (χ3n) is 2.02. The minimum absolute atomic E-state index is 0.0642. The molecular formula is C10H8F2N4OS. The molecule has 0 saturated carbocycles. The number of nitrogens with one attached hydrogen (secondary N) is 1. The molecule has 0 unspecified atom stereocenters. The van der Waals surface area contributed by atoms with Crippen LogP contribution in [-0.2, 0) is 0 Å². The van der Waals surface area contributed by atoms with Gasteiger partial charge in [-0.05, 0) is 36.5 Å². The van der Waals surface area contributed by atoms with E-state index >= 15 is 0 Å². The van der Waals surface area contributed by atoms with E-state index in [1.54, 1.807) is 12.1 Å². The van der Waals surface area contributed by atoms with Gasteiger partial charge in [-0.1, -0.05) is 0 Å². The highest BCUT2D eigenvalue weighted by molar-refractivity contribution is 7.71. The van der Waals surface area contributed by atoms with Gasteiger partial charge in [0.25, 0.3) is 0 Å². The van der Waals surface area contributed by atoms with Gasteiger partial charge in [-0.3, -0.25) is 0 Å². The van der Waals surface area contributed by atoms with Gasteiger partial charge in [0.2, 0.25) is 10.7 Å². The van der Waals surface area contributed by atoms with Crippen molar-refractivity contribution in [3.8, 4) is 17.1 Å². The van der Waals surface area contributed by atoms with E-state index in [9.17, 15) is 8.78 Å². The van der Waals surface area contributed by atoms with Gasteiger partial charge in [-0.15, -0.1) is 0 Å². The van der Waals surface area contributed by atoms with E-state index in [2.05, 4.69) is 19.7 Å². The van der Waals surface area contributed by atoms with Crippen LogP contribution in [-0.4, -0.2) is 21.6 Å². The number of alkyl halides is 2. The molecule has 0 aliphatic rings. The predicted octanol–water partition coefficient (Wildman–Crippen LogP) is 2.38. The first-order valence-corrected chi connectivity index (χ1v) is 5.24. The maximum Gasteiger partial charge on any atom is 0.387 e. The van der Waals surface area contributed by atoms with Crippen LogP contribution in [0.1, 0.15) is 0 Å². The molecule has 1 aromatic heterocycles. The fourth-order valence-corrected chi connectivity index (χ4v) is 1.52. The number of nitrogens with zero attached hydrogens (tertiary/aromatic N) is 2. The van der Waals surface area contributed by atoms with E-state index in [1.165, 1.54) is 12.1 Å². The Balaban J connectivity index is 2.31. The van der Waals surface area contributed by atoms with Crippen LogP contribution in [0.15, 0.2) is 24.3 Å². The number of H-pyrrole nitrogens is 1. The lowest BCUT2D eigenvalue weighted by Gasteiger charge is -2.05. The number of anilines is 1. The minimum atomic E-state index is -2.85. The highest BCUT2D eigenvalue weighted by atomic mass is 32.1. The fourth-order valence-electron chi connectivity index (χ4n) is 1.33. The molecule has 3 N–H and O–H groups in total. The number of nitrogens with two attached hydrogens (primary N) is 1. The van der Waals surface area contributed by atoms with E-state index < -0.39 is 6.61 Å². The highest BCUT2D eigenvalue weighted by Gasteiger charge is 2.06. The van der Waals surface area contributed by atoms with Gasteiger partial charge >= 0.3 is 6.61 Å². The molecule has 0 bridgehead atoms. The third kappa shape index (κ3) is 2.98. The second-order valence-electron chi connectivity index (χ2n) is 3.27. The van der Waals surface area contributed by atoms with Crippen LogP contribution < -0.4 is 10.5 Å². The average Bonchev–Trinajstić information content (AvgIpc) is 2.27. The Kier molecular flexibility index (Phi) is 3.47. The Labute approximate surface area is 106 Å². The van der Waals surface area contributed by atoms with Gasteiger partial charge in [-0.2, -0.15) is 13.8 Å². The molecular weight excluding hydrogens is 262 g/mol. The van der Waals surface area contributed by atoms with Crippen LogP contribution in [0, 0.1) is 4.77 Å². The molecule has 94 valence electrons. The number of aromatic nitrogens is 3. The molecule has 0 fully saturated rings.